The Kier molecular flexibility index (Phi) is 3.90. The highest BCUT2D eigenvalue weighted by molar-refractivity contribution is 5.10. The quantitative estimate of drug-likeness (QED) is 0.764. The summed E-state index contributed by atoms with van der Waals surface area (Å²) in [5.41, 5.74) is 6.96. The van der Waals surface area contributed by atoms with Crippen LogP contribution in [-0.4, -0.2) is 11.5 Å². The summed E-state index contributed by atoms with van der Waals surface area (Å²) in [6.45, 7) is 5.22. The number of hydrogen-bond donors (Lipinski definition) is 1. The highest BCUT2D eigenvalue weighted by atomic mass is 14.6. The van der Waals surface area contributed by atoms with Gasteiger partial charge in [-0.2, -0.15) is 0 Å². The number of nitrogens with zero attached hydrogens (tertiary/aromatic N) is 1. The van der Waals surface area contributed by atoms with Gasteiger partial charge in [0.15, 0.2) is 0 Å². The molecule has 0 bridgehead atoms. The van der Waals surface area contributed by atoms with Gasteiger partial charge in [-0.15, -0.1) is 0 Å². The second-order valence-corrected chi connectivity index (χ2v) is 3.75. The monoisotopic (exact) mass is 178 g/mol. The van der Waals surface area contributed by atoms with Gasteiger partial charge < -0.3 is 5.73 Å². The number of rotatable bonds is 4. The van der Waals surface area contributed by atoms with Crippen molar-refractivity contribution in [3.63, 3.8) is 0 Å². The van der Waals surface area contributed by atoms with Crippen molar-refractivity contribution in [2.45, 2.75) is 20.3 Å². The van der Waals surface area contributed by atoms with E-state index in [1.807, 2.05) is 12.4 Å². The predicted octanol–water partition coefficient (Wildman–Crippen LogP) is 1.86. The molecule has 0 aromatic carbocycles. The van der Waals surface area contributed by atoms with Crippen molar-refractivity contribution >= 4 is 0 Å². The van der Waals surface area contributed by atoms with Crippen LogP contribution in [0.5, 0.6) is 0 Å². The molecule has 0 aliphatic carbocycles. The molecule has 2 heteroatoms. The van der Waals surface area contributed by atoms with Crippen LogP contribution in [-0.2, 0) is 6.42 Å². The lowest BCUT2D eigenvalue weighted by molar-refractivity contribution is 0.394. The Morgan fingerprint density at radius 2 is 1.85 bits per heavy atom. The lowest BCUT2D eigenvalue weighted by Gasteiger charge is -2.17. The van der Waals surface area contributed by atoms with Crippen molar-refractivity contribution in [3.8, 4) is 0 Å². The summed E-state index contributed by atoms with van der Waals surface area (Å²) in [6.07, 6.45) is 4.78. The van der Waals surface area contributed by atoms with Crippen LogP contribution in [0, 0.1) is 11.8 Å². The van der Waals surface area contributed by atoms with Crippen LogP contribution in [0.25, 0.3) is 0 Å². The van der Waals surface area contributed by atoms with Gasteiger partial charge >= 0.3 is 0 Å². The van der Waals surface area contributed by atoms with E-state index >= 15 is 0 Å². The molecule has 0 aliphatic heterocycles. The molecule has 2 nitrogen and oxygen atoms in total. The summed E-state index contributed by atoms with van der Waals surface area (Å²) in [7, 11) is 0. The van der Waals surface area contributed by atoms with Crippen molar-refractivity contribution in [1.82, 2.24) is 4.98 Å². The Morgan fingerprint density at radius 3 is 2.38 bits per heavy atom. The van der Waals surface area contributed by atoms with Crippen molar-refractivity contribution in [2.24, 2.45) is 17.6 Å². The topological polar surface area (TPSA) is 38.9 Å². The van der Waals surface area contributed by atoms with Gasteiger partial charge in [-0.05, 0) is 42.5 Å². The molecule has 0 aliphatic rings. The zero-order valence-corrected chi connectivity index (χ0v) is 8.40. The summed E-state index contributed by atoms with van der Waals surface area (Å²) in [4.78, 5) is 3.99. The minimum absolute atomic E-state index is 0.591. The van der Waals surface area contributed by atoms with Crippen molar-refractivity contribution < 1.29 is 0 Å². The van der Waals surface area contributed by atoms with Crippen LogP contribution in [0.1, 0.15) is 19.4 Å². The first-order valence-corrected chi connectivity index (χ1v) is 4.83. The summed E-state index contributed by atoms with van der Waals surface area (Å²) in [5.74, 6) is 1.24. The maximum atomic E-state index is 5.61. The van der Waals surface area contributed by atoms with E-state index in [0.29, 0.717) is 11.8 Å². The average Bonchev–Trinajstić information content (AvgIpc) is 2.18. The van der Waals surface area contributed by atoms with E-state index in [4.69, 9.17) is 5.73 Å². The zero-order valence-electron chi connectivity index (χ0n) is 8.40. The molecule has 2 unspecified atom stereocenters. The Morgan fingerprint density at radius 1 is 1.23 bits per heavy atom. The molecule has 0 amide bonds. The third kappa shape index (κ3) is 3.15. The third-order valence-electron chi connectivity index (χ3n) is 2.65. The molecule has 0 spiro atoms. The maximum Gasteiger partial charge on any atom is 0.0270 e. The standard InChI is InChI=1S/C11H18N2/c1-9(10(2)8-12)7-11-3-5-13-6-4-11/h3-6,9-10H,7-8,12H2,1-2H3. The molecule has 0 radical (unpaired) electrons. The van der Waals surface area contributed by atoms with Crippen molar-refractivity contribution in [1.29, 1.82) is 0 Å². The van der Waals surface area contributed by atoms with Gasteiger partial charge in [-0.3, -0.25) is 4.98 Å². The third-order valence-corrected chi connectivity index (χ3v) is 2.65. The predicted molar refractivity (Wildman–Crippen MR) is 55.3 cm³/mol. The molecule has 1 aromatic heterocycles. The van der Waals surface area contributed by atoms with Crippen LogP contribution < -0.4 is 5.73 Å². The second-order valence-electron chi connectivity index (χ2n) is 3.75. The van der Waals surface area contributed by atoms with Gasteiger partial charge in [-0.1, -0.05) is 13.8 Å². The van der Waals surface area contributed by atoms with E-state index in [2.05, 4.69) is 31.0 Å². The van der Waals surface area contributed by atoms with Crippen LogP contribution in [0.2, 0.25) is 0 Å². The van der Waals surface area contributed by atoms with Crippen LogP contribution in [0.4, 0.5) is 0 Å². The summed E-state index contributed by atoms with van der Waals surface area (Å²) < 4.78 is 0. The smallest absolute Gasteiger partial charge is 0.0270 e. The highest BCUT2D eigenvalue weighted by Gasteiger charge is 2.10. The summed E-state index contributed by atoms with van der Waals surface area (Å²) >= 11 is 0. The number of aromatic nitrogens is 1. The Hall–Kier alpha value is -0.890. The molecule has 1 rings (SSSR count). The molecule has 0 fully saturated rings. The minimum atomic E-state index is 0.591. The highest BCUT2D eigenvalue weighted by Crippen LogP contribution is 2.15. The van der Waals surface area contributed by atoms with Crippen LogP contribution >= 0.6 is 0 Å². The van der Waals surface area contributed by atoms with E-state index in [1.165, 1.54) is 5.56 Å². The molecule has 1 heterocycles. The number of pyridine rings is 1. The molecule has 72 valence electrons. The van der Waals surface area contributed by atoms with Gasteiger partial charge in [0.25, 0.3) is 0 Å². The fourth-order valence-electron chi connectivity index (χ4n) is 1.32. The molecule has 2 atom stereocenters. The van der Waals surface area contributed by atoms with E-state index in [1.54, 1.807) is 0 Å². The van der Waals surface area contributed by atoms with E-state index in [0.717, 1.165) is 13.0 Å². The molecule has 2 N–H and O–H groups in total. The first kappa shape index (κ1) is 10.2. The summed E-state index contributed by atoms with van der Waals surface area (Å²) in [5, 5.41) is 0. The second kappa shape index (κ2) is 4.97. The average molecular weight is 178 g/mol. The van der Waals surface area contributed by atoms with E-state index in [9.17, 15) is 0 Å². The summed E-state index contributed by atoms with van der Waals surface area (Å²) in [6, 6.07) is 4.14. The molecule has 0 saturated heterocycles. The SMILES string of the molecule is CC(CN)C(C)Cc1ccncc1. The first-order chi connectivity index (χ1) is 6.24. The normalized spacial score (nSPS) is 15.3. The van der Waals surface area contributed by atoms with E-state index < -0.39 is 0 Å². The lowest BCUT2D eigenvalue weighted by Crippen LogP contribution is -2.20. The lowest BCUT2D eigenvalue weighted by atomic mass is 9.90. The van der Waals surface area contributed by atoms with Gasteiger partial charge in [0, 0.05) is 12.4 Å². The van der Waals surface area contributed by atoms with Gasteiger partial charge in [0.1, 0.15) is 0 Å². The Balaban J connectivity index is 2.50. The first-order valence-electron chi connectivity index (χ1n) is 4.83. The largest absolute Gasteiger partial charge is 0.330 e. The fourth-order valence-corrected chi connectivity index (χ4v) is 1.32. The number of hydrogen-bond acceptors (Lipinski definition) is 2. The van der Waals surface area contributed by atoms with Gasteiger partial charge in [-0.25, -0.2) is 0 Å². The van der Waals surface area contributed by atoms with Gasteiger partial charge in [0.2, 0.25) is 0 Å². The van der Waals surface area contributed by atoms with Crippen LogP contribution in [0.15, 0.2) is 24.5 Å². The minimum Gasteiger partial charge on any atom is -0.330 e. The Labute approximate surface area is 80.2 Å². The number of nitrogens with two attached hydrogens (primary N) is 1. The van der Waals surface area contributed by atoms with Crippen LogP contribution in [0.3, 0.4) is 0 Å². The van der Waals surface area contributed by atoms with Crippen molar-refractivity contribution in [3.05, 3.63) is 30.1 Å². The molecular weight excluding hydrogens is 160 g/mol. The molecule has 1 aromatic rings. The van der Waals surface area contributed by atoms with Gasteiger partial charge in [0.05, 0.1) is 0 Å². The zero-order chi connectivity index (χ0) is 9.68. The van der Waals surface area contributed by atoms with E-state index in [-0.39, 0.29) is 0 Å². The fraction of sp³-hybridized carbons (Fsp3) is 0.545. The molecule has 13 heavy (non-hydrogen) atoms. The molecular formula is C11H18N2. The van der Waals surface area contributed by atoms with Crippen molar-refractivity contribution in [2.75, 3.05) is 6.54 Å². The molecule has 0 saturated carbocycles. The Bertz CT molecular complexity index is 233. The maximum absolute atomic E-state index is 5.61.